The van der Waals surface area contributed by atoms with Crippen LogP contribution in [0.2, 0.25) is 0 Å². The summed E-state index contributed by atoms with van der Waals surface area (Å²) >= 11 is 0. The Morgan fingerprint density at radius 3 is 1.35 bits per heavy atom. The van der Waals surface area contributed by atoms with Crippen molar-refractivity contribution in [1.82, 2.24) is 0 Å². The van der Waals surface area contributed by atoms with Crippen LogP contribution in [0, 0.1) is 0 Å². The van der Waals surface area contributed by atoms with Gasteiger partial charge >= 0.3 is 29.6 Å². The molecule has 3 heteroatoms. The van der Waals surface area contributed by atoms with Crippen molar-refractivity contribution in [3.8, 4) is 0 Å². The second-order valence-electron chi connectivity index (χ2n) is 5.56. The first-order valence-electron chi connectivity index (χ1n) is 8.47. The van der Waals surface area contributed by atoms with Crippen molar-refractivity contribution in [2.75, 3.05) is 6.61 Å². The van der Waals surface area contributed by atoms with Crippen LogP contribution in [0.25, 0.3) is 0 Å². The fraction of sp³-hybridized carbons (Fsp3) is 0.941. The van der Waals surface area contributed by atoms with Crippen molar-refractivity contribution in [2.45, 2.75) is 96.8 Å². The third kappa shape index (κ3) is 20.8. The van der Waals surface area contributed by atoms with E-state index in [2.05, 4.69) is 11.7 Å². The van der Waals surface area contributed by atoms with Crippen LogP contribution in [-0.4, -0.2) is 42.6 Å². The first kappa shape index (κ1) is 22.7. The summed E-state index contributed by atoms with van der Waals surface area (Å²) in [5.41, 5.74) is 0. The van der Waals surface area contributed by atoms with Crippen LogP contribution in [0.4, 0.5) is 0 Å². The van der Waals surface area contributed by atoms with E-state index in [0.717, 1.165) is 6.42 Å². The molecule has 0 aliphatic rings. The van der Waals surface area contributed by atoms with E-state index in [9.17, 15) is 4.79 Å². The zero-order valence-corrected chi connectivity index (χ0v) is 13.0. The standard InChI is InChI=1S/C17H34O2.Na.H/c1-2-3-4-5-6-7-8-9-10-11-12-13-14-15-16-19-17-18;;/h17H,2-16H2,1H3;;. The summed E-state index contributed by atoms with van der Waals surface area (Å²) in [6.07, 6.45) is 19.0. The van der Waals surface area contributed by atoms with Crippen molar-refractivity contribution in [1.29, 1.82) is 0 Å². The predicted molar refractivity (Wildman–Crippen MR) is 89.5 cm³/mol. The molecule has 0 N–H and O–H groups in total. The number of rotatable bonds is 16. The molecular weight excluding hydrogens is 259 g/mol. The Labute approximate surface area is 148 Å². The van der Waals surface area contributed by atoms with Gasteiger partial charge in [0.05, 0.1) is 6.61 Å². The SMILES string of the molecule is CCCCCCCCCCCCCCCCOC=O.[NaH]. The van der Waals surface area contributed by atoms with Gasteiger partial charge in [0.2, 0.25) is 0 Å². The third-order valence-electron chi connectivity index (χ3n) is 3.68. The zero-order valence-electron chi connectivity index (χ0n) is 13.0. The molecule has 0 atom stereocenters. The fourth-order valence-electron chi connectivity index (χ4n) is 2.43. The molecule has 0 saturated carbocycles. The summed E-state index contributed by atoms with van der Waals surface area (Å²) in [5, 5.41) is 0. The van der Waals surface area contributed by atoms with Crippen molar-refractivity contribution in [3.63, 3.8) is 0 Å². The van der Waals surface area contributed by atoms with Gasteiger partial charge < -0.3 is 4.74 Å². The Kier molecular flexibility index (Phi) is 24.8. The van der Waals surface area contributed by atoms with Crippen LogP contribution in [-0.2, 0) is 9.53 Å². The minimum absolute atomic E-state index is 0. The summed E-state index contributed by atoms with van der Waals surface area (Å²) in [5.74, 6) is 0. The molecule has 0 unspecified atom stereocenters. The molecular formula is C17H35NaO2. The van der Waals surface area contributed by atoms with Gasteiger partial charge in [-0.05, 0) is 6.42 Å². The van der Waals surface area contributed by atoms with Crippen molar-refractivity contribution < 1.29 is 9.53 Å². The summed E-state index contributed by atoms with van der Waals surface area (Å²) in [6, 6.07) is 0. The van der Waals surface area contributed by atoms with E-state index in [4.69, 9.17) is 0 Å². The molecule has 2 nitrogen and oxygen atoms in total. The van der Waals surface area contributed by atoms with E-state index >= 15 is 0 Å². The van der Waals surface area contributed by atoms with Crippen LogP contribution in [0.15, 0.2) is 0 Å². The fourth-order valence-corrected chi connectivity index (χ4v) is 2.43. The molecule has 0 heterocycles. The Bertz CT molecular complexity index is 174. The molecule has 116 valence electrons. The van der Waals surface area contributed by atoms with Gasteiger partial charge in [-0.1, -0.05) is 90.4 Å². The first-order valence-corrected chi connectivity index (χ1v) is 8.47. The Hall–Kier alpha value is 0.470. The number of carbonyl (C=O) groups excluding carboxylic acids is 1. The monoisotopic (exact) mass is 294 g/mol. The Balaban J connectivity index is 0. The topological polar surface area (TPSA) is 26.3 Å². The number of hydrogen-bond acceptors (Lipinski definition) is 2. The second-order valence-corrected chi connectivity index (χ2v) is 5.56. The number of hydrogen-bond donors (Lipinski definition) is 0. The maximum absolute atomic E-state index is 9.92. The predicted octanol–water partition coefficient (Wildman–Crippen LogP) is 4.99. The molecule has 0 spiro atoms. The zero-order chi connectivity index (χ0) is 14.0. The third-order valence-corrected chi connectivity index (χ3v) is 3.68. The van der Waals surface area contributed by atoms with E-state index in [1.165, 1.54) is 83.5 Å². The number of unbranched alkanes of at least 4 members (excludes halogenated alkanes) is 13. The van der Waals surface area contributed by atoms with E-state index in [-0.39, 0.29) is 29.6 Å². The summed E-state index contributed by atoms with van der Waals surface area (Å²) < 4.78 is 4.66. The Morgan fingerprint density at radius 1 is 0.650 bits per heavy atom. The quantitative estimate of drug-likeness (QED) is 0.228. The number of ether oxygens (including phenoxy) is 1. The van der Waals surface area contributed by atoms with Crippen LogP contribution < -0.4 is 0 Å². The van der Waals surface area contributed by atoms with E-state index in [1.54, 1.807) is 0 Å². The molecule has 0 aliphatic heterocycles. The van der Waals surface area contributed by atoms with Gasteiger partial charge in [-0.15, -0.1) is 0 Å². The van der Waals surface area contributed by atoms with Crippen LogP contribution >= 0.6 is 0 Å². The van der Waals surface area contributed by atoms with Gasteiger partial charge in [0.1, 0.15) is 0 Å². The van der Waals surface area contributed by atoms with Gasteiger partial charge in [-0.2, -0.15) is 0 Å². The Morgan fingerprint density at radius 2 is 1.00 bits per heavy atom. The minimum atomic E-state index is 0. The maximum atomic E-state index is 9.92. The molecule has 0 rings (SSSR count). The van der Waals surface area contributed by atoms with Gasteiger partial charge in [0, 0.05) is 0 Å². The molecule has 0 aromatic carbocycles. The molecule has 0 aliphatic carbocycles. The van der Waals surface area contributed by atoms with Gasteiger partial charge in [-0.25, -0.2) is 0 Å². The average molecular weight is 294 g/mol. The molecule has 0 saturated heterocycles. The van der Waals surface area contributed by atoms with Crippen LogP contribution in [0.1, 0.15) is 96.8 Å². The molecule has 0 amide bonds. The van der Waals surface area contributed by atoms with Gasteiger partial charge in [0.25, 0.3) is 6.47 Å². The van der Waals surface area contributed by atoms with E-state index in [1.807, 2.05) is 0 Å². The van der Waals surface area contributed by atoms with E-state index in [0.29, 0.717) is 13.1 Å². The van der Waals surface area contributed by atoms with Gasteiger partial charge in [0.15, 0.2) is 0 Å². The molecule has 0 fully saturated rings. The molecule has 0 aromatic rings. The van der Waals surface area contributed by atoms with Gasteiger partial charge in [-0.3, -0.25) is 4.79 Å². The van der Waals surface area contributed by atoms with Crippen LogP contribution in [0.3, 0.4) is 0 Å². The van der Waals surface area contributed by atoms with E-state index < -0.39 is 0 Å². The summed E-state index contributed by atoms with van der Waals surface area (Å²) in [4.78, 5) is 9.92. The average Bonchev–Trinajstić information content (AvgIpc) is 2.43. The summed E-state index contributed by atoms with van der Waals surface area (Å²) in [6.45, 7) is 3.42. The normalized spacial score (nSPS) is 10.1. The van der Waals surface area contributed by atoms with Crippen molar-refractivity contribution in [3.05, 3.63) is 0 Å². The first-order chi connectivity index (χ1) is 9.41. The summed E-state index contributed by atoms with van der Waals surface area (Å²) in [7, 11) is 0. The molecule has 20 heavy (non-hydrogen) atoms. The second kappa shape index (κ2) is 21.8. The number of carbonyl (C=O) groups is 1. The molecule has 0 radical (unpaired) electrons. The van der Waals surface area contributed by atoms with Crippen molar-refractivity contribution >= 4 is 36.0 Å². The van der Waals surface area contributed by atoms with Crippen molar-refractivity contribution in [2.24, 2.45) is 0 Å². The molecule has 0 aromatic heterocycles. The van der Waals surface area contributed by atoms with Crippen LogP contribution in [0.5, 0.6) is 0 Å². The molecule has 0 bridgehead atoms.